The summed E-state index contributed by atoms with van der Waals surface area (Å²) in [6.07, 6.45) is 12.0. The summed E-state index contributed by atoms with van der Waals surface area (Å²) >= 11 is 0. The standard InChI is InChI=1S/C25H33N5O2/c1-25(2,32)14-22(31)30-18-7-3-8-19(30)13-17(12-18)27-24-20-9-4-10-21(20)28-23(29-24)16-6-5-11-26-15-16/h5-6,11,15,17-19,32H,3-4,7-10,12-14H2,1-2H3,(H,27,28,29). The second kappa shape index (κ2) is 8.43. The quantitative estimate of drug-likeness (QED) is 0.747. The maximum atomic E-state index is 13.0. The summed E-state index contributed by atoms with van der Waals surface area (Å²) in [5.41, 5.74) is 2.38. The topological polar surface area (TPSA) is 91.2 Å². The van der Waals surface area contributed by atoms with Crippen LogP contribution in [0.5, 0.6) is 0 Å². The minimum Gasteiger partial charge on any atom is -0.390 e. The van der Waals surface area contributed by atoms with Gasteiger partial charge in [-0.1, -0.05) is 0 Å². The molecule has 0 saturated carbocycles. The number of piperidine rings is 2. The second-order valence-electron chi connectivity index (χ2n) is 10.3. The number of anilines is 1. The number of hydrogen-bond donors (Lipinski definition) is 2. The van der Waals surface area contributed by atoms with Gasteiger partial charge in [0.05, 0.1) is 12.0 Å². The van der Waals surface area contributed by atoms with Gasteiger partial charge in [0.1, 0.15) is 5.82 Å². The number of amides is 1. The predicted octanol–water partition coefficient (Wildman–Crippen LogP) is 3.51. The van der Waals surface area contributed by atoms with Crippen molar-refractivity contribution in [3.63, 3.8) is 0 Å². The first-order valence-electron chi connectivity index (χ1n) is 12.0. The summed E-state index contributed by atoms with van der Waals surface area (Å²) in [5, 5.41) is 13.9. The van der Waals surface area contributed by atoms with Crippen LogP contribution >= 0.6 is 0 Å². The number of carbonyl (C=O) groups excluding carboxylic acids is 1. The smallest absolute Gasteiger partial charge is 0.225 e. The van der Waals surface area contributed by atoms with Crippen LogP contribution < -0.4 is 5.32 Å². The number of fused-ring (bicyclic) bond motifs is 3. The molecule has 5 rings (SSSR count). The third kappa shape index (κ3) is 4.35. The van der Waals surface area contributed by atoms with E-state index < -0.39 is 5.60 Å². The maximum absolute atomic E-state index is 13.0. The van der Waals surface area contributed by atoms with Crippen LogP contribution in [0.4, 0.5) is 5.82 Å². The number of nitrogens with one attached hydrogen (secondary N) is 1. The minimum absolute atomic E-state index is 0.0902. The molecule has 2 bridgehead atoms. The van der Waals surface area contributed by atoms with Crippen molar-refractivity contribution in [2.75, 3.05) is 5.32 Å². The Bertz CT molecular complexity index is 974. The molecule has 7 nitrogen and oxygen atoms in total. The Labute approximate surface area is 189 Å². The molecule has 32 heavy (non-hydrogen) atoms. The van der Waals surface area contributed by atoms with Gasteiger partial charge in [-0.25, -0.2) is 9.97 Å². The molecule has 2 aromatic heterocycles. The van der Waals surface area contributed by atoms with Crippen molar-refractivity contribution in [2.45, 2.75) is 95.4 Å². The SMILES string of the molecule is CC(C)(O)CC(=O)N1C2CCCC1CC(Nc1nc(-c3cccnc3)nc3c1CCC3)C2. The zero-order valence-electron chi connectivity index (χ0n) is 19.0. The summed E-state index contributed by atoms with van der Waals surface area (Å²) in [6, 6.07) is 4.69. The van der Waals surface area contributed by atoms with Crippen LogP contribution in [-0.2, 0) is 17.6 Å². The molecule has 2 fully saturated rings. The average molecular weight is 436 g/mol. The monoisotopic (exact) mass is 435 g/mol. The van der Waals surface area contributed by atoms with Crippen molar-refractivity contribution >= 4 is 11.7 Å². The van der Waals surface area contributed by atoms with E-state index in [1.807, 2.05) is 18.3 Å². The van der Waals surface area contributed by atoms with Gasteiger partial charge in [0.25, 0.3) is 0 Å². The molecule has 1 amide bonds. The molecule has 2 N–H and O–H groups in total. The fourth-order valence-electron chi connectivity index (χ4n) is 5.74. The van der Waals surface area contributed by atoms with Gasteiger partial charge in [0, 0.05) is 47.3 Å². The van der Waals surface area contributed by atoms with Crippen LogP contribution in [0.15, 0.2) is 24.5 Å². The largest absolute Gasteiger partial charge is 0.390 e. The molecule has 170 valence electrons. The third-order valence-electron chi connectivity index (χ3n) is 7.04. The first kappa shape index (κ1) is 21.3. The Hall–Kier alpha value is -2.54. The summed E-state index contributed by atoms with van der Waals surface area (Å²) in [5.74, 6) is 1.79. The predicted molar refractivity (Wildman–Crippen MR) is 123 cm³/mol. The molecular weight excluding hydrogens is 402 g/mol. The molecule has 3 aliphatic rings. The number of aromatic nitrogens is 3. The first-order valence-corrected chi connectivity index (χ1v) is 12.0. The lowest BCUT2D eigenvalue weighted by molar-refractivity contribution is -0.145. The lowest BCUT2D eigenvalue weighted by Gasteiger charge is -2.49. The second-order valence-corrected chi connectivity index (χ2v) is 10.3. The highest BCUT2D eigenvalue weighted by Gasteiger charge is 2.42. The summed E-state index contributed by atoms with van der Waals surface area (Å²) in [4.78, 5) is 29.1. The highest BCUT2D eigenvalue weighted by molar-refractivity contribution is 5.78. The van der Waals surface area contributed by atoms with Crippen LogP contribution in [0.25, 0.3) is 11.4 Å². The molecule has 2 saturated heterocycles. The lowest BCUT2D eigenvalue weighted by Crippen LogP contribution is -2.58. The average Bonchev–Trinajstić information content (AvgIpc) is 3.21. The minimum atomic E-state index is -0.968. The normalized spacial score (nSPS) is 24.8. The molecule has 0 aromatic carbocycles. The maximum Gasteiger partial charge on any atom is 0.225 e. The molecule has 0 spiro atoms. The number of carbonyl (C=O) groups is 1. The lowest BCUT2D eigenvalue weighted by atomic mass is 9.81. The zero-order valence-corrected chi connectivity index (χ0v) is 19.0. The number of aliphatic hydroxyl groups is 1. The van der Waals surface area contributed by atoms with Gasteiger partial charge in [-0.3, -0.25) is 9.78 Å². The van der Waals surface area contributed by atoms with Crippen LogP contribution in [0, 0.1) is 0 Å². The van der Waals surface area contributed by atoms with Gasteiger partial charge in [0.2, 0.25) is 5.91 Å². The number of rotatable bonds is 5. The van der Waals surface area contributed by atoms with Crippen molar-refractivity contribution in [3.05, 3.63) is 35.8 Å². The molecule has 2 aliphatic heterocycles. The van der Waals surface area contributed by atoms with E-state index in [1.54, 1.807) is 20.0 Å². The number of aryl methyl sites for hydroxylation is 1. The van der Waals surface area contributed by atoms with E-state index in [0.29, 0.717) is 0 Å². The Morgan fingerprint density at radius 1 is 1.19 bits per heavy atom. The van der Waals surface area contributed by atoms with Crippen LogP contribution in [0.3, 0.4) is 0 Å². The van der Waals surface area contributed by atoms with Gasteiger partial charge in [-0.2, -0.15) is 0 Å². The van der Waals surface area contributed by atoms with Crippen molar-refractivity contribution in [1.82, 2.24) is 19.9 Å². The van der Waals surface area contributed by atoms with Crippen LogP contribution in [0.1, 0.15) is 70.1 Å². The van der Waals surface area contributed by atoms with Gasteiger partial charge in [0.15, 0.2) is 5.82 Å². The van der Waals surface area contributed by atoms with Crippen LogP contribution in [-0.4, -0.2) is 54.6 Å². The first-order chi connectivity index (χ1) is 15.4. The number of pyridine rings is 1. The highest BCUT2D eigenvalue weighted by Crippen LogP contribution is 2.37. The Morgan fingerprint density at radius 3 is 2.66 bits per heavy atom. The van der Waals surface area contributed by atoms with Crippen molar-refractivity contribution < 1.29 is 9.90 Å². The summed E-state index contributed by atoms with van der Waals surface area (Å²) in [6.45, 7) is 3.43. The number of nitrogens with zero attached hydrogens (tertiary/aromatic N) is 4. The molecule has 0 radical (unpaired) electrons. The van der Waals surface area contributed by atoms with E-state index >= 15 is 0 Å². The van der Waals surface area contributed by atoms with Crippen molar-refractivity contribution in [1.29, 1.82) is 0 Å². The molecular formula is C25H33N5O2. The Morgan fingerprint density at radius 2 is 1.97 bits per heavy atom. The third-order valence-corrected chi connectivity index (χ3v) is 7.04. The zero-order chi connectivity index (χ0) is 22.3. The molecule has 2 aromatic rings. The fraction of sp³-hybridized carbons (Fsp3) is 0.600. The van der Waals surface area contributed by atoms with Gasteiger partial charge >= 0.3 is 0 Å². The number of hydrogen-bond acceptors (Lipinski definition) is 6. The van der Waals surface area contributed by atoms with E-state index in [4.69, 9.17) is 9.97 Å². The van der Waals surface area contributed by atoms with E-state index in [-0.39, 0.29) is 30.5 Å². The molecule has 2 atom stereocenters. The van der Waals surface area contributed by atoms with E-state index in [9.17, 15) is 9.90 Å². The molecule has 2 unspecified atom stereocenters. The fourth-order valence-corrected chi connectivity index (χ4v) is 5.74. The summed E-state index contributed by atoms with van der Waals surface area (Å²) < 4.78 is 0. The molecule has 1 aliphatic carbocycles. The molecule has 4 heterocycles. The van der Waals surface area contributed by atoms with E-state index in [2.05, 4.69) is 15.2 Å². The Kier molecular flexibility index (Phi) is 5.61. The Balaban J connectivity index is 1.37. The summed E-state index contributed by atoms with van der Waals surface area (Å²) in [7, 11) is 0. The van der Waals surface area contributed by atoms with Gasteiger partial charge in [-0.05, 0) is 77.3 Å². The van der Waals surface area contributed by atoms with E-state index in [1.165, 1.54) is 12.0 Å². The molecule has 7 heteroatoms. The highest BCUT2D eigenvalue weighted by atomic mass is 16.3. The van der Waals surface area contributed by atoms with Crippen molar-refractivity contribution in [3.8, 4) is 11.4 Å². The van der Waals surface area contributed by atoms with E-state index in [0.717, 1.165) is 67.8 Å². The van der Waals surface area contributed by atoms with Gasteiger partial charge < -0.3 is 15.3 Å². The van der Waals surface area contributed by atoms with Gasteiger partial charge in [-0.15, -0.1) is 0 Å². The van der Waals surface area contributed by atoms with Crippen molar-refractivity contribution in [2.24, 2.45) is 0 Å². The van der Waals surface area contributed by atoms with Crippen LogP contribution in [0.2, 0.25) is 0 Å².